The molecule has 5 heteroatoms. The number of carbonyl (C=O) groups excluding carboxylic acids is 1. The van der Waals surface area contributed by atoms with Crippen molar-refractivity contribution in [3.63, 3.8) is 0 Å². The largest absolute Gasteiger partial charge is 0.297 e. The molecule has 1 unspecified atom stereocenters. The summed E-state index contributed by atoms with van der Waals surface area (Å²) in [6.45, 7) is 0. The van der Waals surface area contributed by atoms with Gasteiger partial charge in [-0.2, -0.15) is 0 Å². The molecule has 1 aliphatic rings. The summed E-state index contributed by atoms with van der Waals surface area (Å²) in [5.74, 6) is -0.325. The maximum atomic E-state index is 11.1. The Morgan fingerprint density at radius 2 is 2.08 bits per heavy atom. The van der Waals surface area contributed by atoms with E-state index < -0.39 is 0 Å². The molecule has 1 atom stereocenters. The third kappa shape index (κ3) is 1.06. The average molecular weight is 226 g/mol. The van der Waals surface area contributed by atoms with E-state index in [1.807, 2.05) is 0 Å². The molecule has 2 heterocycles. The first-order valence-electron chi connectivity index (χ1n) is 3.32. The van der Waals surface area contributed by atoms with Crippen LogP contribution >= 0.6 is 15.9 Å². The van der Waals surface area contributed by atoms with Crippen molar-refractivity contribution in [2.24, 2.45) is 4.99 Å². The molecule has 12 heavy (non-hydrogen) atoms. The molecule has 1 aromatic rings. The normalized spacial score (nSPS) is 20.8. The van der Waals surface area contributed by atoms with Gasteiger partial charge in [0.25, 0.3) is 5.91 Å². The molecule has 0 saturated heterocycles. The molecule has 60 valence electrons. The quantitative estimate of drug-likeness (QED) is 0.623. The predicted molar refractivity (Wildman–Crippen MR) is 46.5 cm³/mol. The third-order valence-electron chi connectivity index (χ3n) is 1.51. The second-order valence-corrected chi connectivity index (χ2v) is 3.26. The van der Waals surface area contributed by atoms with Gasteiger partial charge in [-0.3, -0.25) is 9.78 Å². The van der Waals surface area contributed by atoms with Crippen molar-refractivity contribution in [1.82, 2.24) is 9.97 Å². The van der Waals surface area contributed by atoms with Gasteiger partial charge in [0, 0.05) is 18.6 Å². The van der Waals surface area contributed by atoms with Crippen molar-refractivity contribution in [2.45, 2.75) is 4.83 Å². The van der Waals surface area contributed by atoms with E-state index in [1.165, 1.54) is 12.4 Å². The summed E-state index contributed by atoms with van der Waals surface area (Å²) >= 11 is 3.31. The minimum absolute atomic E-state index is 0.0982. The van der Waals surface area contributed by atoms with E-state index in [1.54, 1.807) is 6.20 Å². The van der Waals surface area contributed by atoms with E-state index in [0.717, 1.165) is 0 Å². The topological polar surface area (TPSA) is 55.2 Å². The Morgan fingerprint density at radius 3 is 2.83 bits per heavy atom. The fraction of sp³-hybridized carbons (Fsp3) is 0.143. The molecule has 1 amide bonds. The molecule has 0 radical (unpaired) electrons. The van der Waals surface area contributed by atoms with Crippen LogP contribution in [0.2, 0.25) is 0 Å². The minimum atomic E-state index is -0.325. The molecule has 0 N–H and O–H groups in total. The molecule has 1 aromatic heterocycles. The van der Waals surface area contributed by atoms with Crippen LogP contribution in [0, 0.1) is 0 Å². The van der Waals surface area contributed by atoms with Crippen LogP contribution in [0.3, 0.4) is 0 Å². The lowest BCUT2D eigenvalue weighted by Gasteiger charge is -2.10. The molecule has 0 aliphatic carbocycles. The van der Waals surface area contributed by atoms with Crippen LogP contribution in [-0.2, 0) is 0 Å². The summed E-state index contributed by atoms with van der Waals surface area (Å²) in [6, 6.07) is 0. The molecule has 4 nitrogen and oxygen atoms in total. The lowest BCUT2D eigenvalue weighted by molar-refractivity contribution is 0.0995. The van der Waals surface area contributed by atoms with Crippen LogP contribution < -0.4 is 0 Å². The Balaban J connectivity index is 2.61. The van der Waals surface area contributed by atoms with Crippen molar-refractivity contribution in [3.05, 3.63) is 23.8 Å². The fourth-order valence-corrected chi connectivity index (χ4v) is 1.43. The van der Waals surface area contributed by atoms with Gasteiger partial charge in [-0.05, 0) is 0 Å². The zero-order chi connectivity index (χ0) is 8.55. The van der Waals surface area contributed by atoms with Crippen molar-refractivity contribution < 1.29 is 4.79 Å². The third-order valence-corrected chi connectivity index (χ3v) is 2.18. The molecule has 0 saturated carbocycles. The van der Waals surface area contributed by atoms with Gasteiger partial charge < -0.3 is 0 Å². The van der Waals surface area contributed by atoms with Crippen LogP contribution in [0.25, 0.3) is 0 Å². The smallest absolute Gasteiger partial charge is 0.265 e. The van der Waals surface area contributed by atoms with Gasteiger partial charge in [-0.15, -0.1) is 0 Å². The number of aromatic nitrogens is 2. The summed E-state index contributed by atoms with van der Waals surface area (Å²) in [4.78, 5) is 22.6. The van der Waals surface area contributed by atoms with Crippen LogP contribution in [0.15, 0.2) is 17.4 Å². The van der Waals surface area contributed by atoms with Crippen molar-refractivity contribution >= 4 is 28.1 Å². The standard InChI is InChI=1S/C7H4BrN3O/c8-4-3-11-7(12)6-5(4)9-1-2-10-6/h1-4H. The first-order valence-corrected chi connectivity index (χ1v) is 4.24. The first-order chi connectivity index (χ1) is 5.79. The summed E-state index contributed by atoms with van der Waals surface area (Å²) in [6.07, 6.45) is 4.55. The van der Waals surface area contributed by atoms with Crippen LogP contribution in [0.4, 0.5) is 0 Å². The monoisotopic (exact) mass is 225 g/mol. The summed E-state index contributed by atoms with van der Waals surface area (Å²) < 4.78 is 0. The average Bonchev–Trinajstić information content (AvgIpc) is 2.12. The maximum absolute atomic E-state index is 11.1. The zero-order valence-corrected chi connectivity index (χ0v) is 7.52. The Morgan fingerprint density at radius 1 is 1.33 bits per heavy atom. The van der Waals surface area contributed by atoms with Gasteiger partial charge in [-0.1, -0.05) is 15.9 Å². The van der Waals surface area contributed by atoms with Gasteiger partial charge in [-0.25, -0.2) is 9.98 Å². The molecular formula is C7H4BrN3O. The fourth-order valence-electron chi connectivity index (χ4n) is 0.980. The highest BCUT2D eigenvalue weighted by molar-refractivity contribution is 9.09. The van der Waals surface area contributed by atoms with Crippen LogP contribution in [-0.4, -0.2) is 22.1 Å². The van der Waals surface area contributed by atoms with Crippen molar-refractivity contribution in [2.75, 3.05) is 0 Å². The zero-order valence-electron chi connectivity index (χ0n) is 5.94. The Hall–Kier alpha value is -1.10. The van der Waals surface area contributed by atoms with Gasteiger partial charge in [0.05, 0.1) is 10.5 Å². The van der Waals surface area contributed by atoms with Crippen molar-refractivity contribution in [1.29, 1.82) is 0 Å². The molecule has 0 fully saturated rings. The summed E-state index contributed by atoms with van der Waals surface area (Å²) in [5.41, 5.74) is 0.972. The number of fused-ring (bicyclic) bond motifs is 1. The van der Waals surface area contributed by atoms with Crippen LogP contribution in [0.5, 0.6) is 0 Å². The van der Waals surface area contributed by atoms with E-state index in [-0.39, 0.29) is 10.7 Å². The predicted octanol–water partition coefficient (Wildman–Crippen LogP) is 1.14. The molecule has 0 spiro atoms. The number of rotatable bonds is 0. The number of hydrogen-bond acceptors (Lipinski definition) is 3. The highest BCUT2D eigenvalue weighted by atomic mass is 79.9. The Kier molecular flexibility index (Phi) is 1.73. The van der Waals surface area contributed by atoms with E-state index >= 15 is 0 Å². The van der Waals surface area contributed by atoms with Gasteiger partial charge >= 0.3 is 0 Å². The molecule has 2 rings (SSSR count). The molecule has 0 bridgehead atoms. The van der Waals surface area contributed by atoms with E-state index in [2.05, 4.69) is 30.9 Å². The maximum Gasteiger partial charge on any atom is 0.297 e. The highest BCUT2D eigenvalue weighted by Gasteiger charge is 2.22. The van der Waals surface area contributed by atoms with Gasteiger partial charge in [0.1, 0.15) is 0 Å². The Bertz CT molecular complexity index is 363. The Labute approximate surface area is 76.9 Å². The second kappa shape index (κ2) is 2.75. The van der Waals surface area contributed by atoms with Gasteiger partial charge in [0.2, 0.25) is 0 Å². The molecule has 1 aliphatic heterocycles. The number of carbonyl (C=O) groups is 1. The van der Waals surface area contributed by atoms with E-state index in [4.69, 9.17) is 0 Å². The summed E-state index contributed by atoms with van der Waals surface area (Å²) in [7, 11) is 0. The molecule has 0 aromatic carbocycles. The van der Waals surface area contributed by atoms with Crippen LogP contribution in [0.1, 0.15) is 21.0 Å². The number of nitrogens with zero attached hydrogens (tertiary/aromatic N) is 3. The number of amides is 1. The summed E-state index contributed by atoms with van der Waals surface area (Å²) in [5, 5.41) is 0. The van der Waals surface area contributed by atoms with E-state index in [9.17, 15) is 4.79 Å². The van der Waals surface area contributed by atoms with Crippen molar-refractivity contribution in [3.8, 4) is 0 Å². The number of hydrogen-bond donors (Lipinski definition) is 0. The number of alkyl halides is 1. The van der Waals surface area contributed by atoms with E-state index in [0.29, 0.717) is 11.4 Å². The highest BCUT2D eigenvalue weighted by Crippen LogP contribution is 2.24. The number of halogens is 1. The molecular weight excluding hydrogens is 222 g/mol. The SMILES string of the molecule is O=C1N=CC(Br)c2nccnc21. The minimum Gasteiger partial charge on any atom is -0.265 e. The second-order valence-electron chi connectivity index (χ2n) is 2.28. The lowest BCUT2D eigenvalue weighted by Crippen LogP contribution is -2.13. The lowest BCUT2D eigenvalue weighted by atomic mass is 10.2. The van der Waals surface area contributed by atoms with Gasteiger partial charge in [0.15, 0.2) is 5.69 Å². The first kappa shape index (κ1) is 7.54. The number of aliphatic imine (C=N–C) groups is 1.